The second-order valence-corrected chi connectivity index (χ2v) is 10.4. The molecule has 1 spiro atoms. The normalized spacial score (nSPS) is 20.1. The molecule has 3 aliphatic heterocycles. The van der Waals surface area contributed by atoms with E-state index >= 15 is 0 Å². The van der Waals surface area contributed by atoms with Crippen LogP contribution >= 0.6 is 0 Å². The van der Waals surface area contributed by atoms with Gasteiger partial charge in [-0.2, -0.15) is 17.9 Å². The molecule has 0 bridgehead atoms. The molecule has 0 saturated carbocycles. The van der Waals surface area contributed by atoms with E-state index < -0.39 is 11.7 Å². The second kappa shape index (κ2) is 10.00. The van der Waals surface area contributed by atoms with E-state index in [0.29, 0.717) is 31.1 Å². The Morgan fingerprint density at radius 3 is 2.41 bits per heavy atom. The van der Waals surface area contributed by atoms with Crippen LogP contribution in [-0.4, -0.2) is 69.8 Å². The number of carbonyl (C=O) groups excluding carboxylic acids is 2. The van der Waals surface area contributed by atoms with Gasteiger partial charge in [-0.1, -0.05) is 6.07 Å². The molecule has 3 fully saturated rings. The summed E-state index contributed by atoms with van der Waals surface area (Å²) in [6.45, 7) is 5.62. The van der Waals surface area contributed by atoms with Crippen LogP contribution in [0.15, 0.2) is 30.5 Å². The number of likely N-dealkylation sites (tertiary alicyclic amines) is 2. The van der Waals surface area contributed by atoms with Crippen LogP contribution in [0.1, 0.15) is 56.6 Å². The van der Waals surface area contributed by atoms with Crippen LogP contribution in [0.25, 0.3) is 0 Å². The van der Waals surface area contributed by atoms with Crippen molar-refractivity contribution >= 4 is 23.4 Å². The average Bonchev–Trinajstić information content (AvgIpc) is 3.61. The molecule has 3 saturated heterocycles. The number of benzene rings is 1. The van der Waals surface area contributed by atoms with Gasteiger partial charge in [0, 0.05) is 63.1 Å². The number of anilines is 2. The van der Waals surface area contributed by atoms with Gasteiger partial charge in [0.15, 0.2) is 5.82 Å². The molecule has 1 N–H and O–H groups in total. The number of alkyl halides is 3. The molecule has 0 radical (unpaired) electrons. The number of piperidine rings is 1. The summed E-state index contributed by atoms with van der Waals surface area (Å²) in [5.74, 6) is 0.0847. The molecule has 0 unspecified atom stereocenters. The van der Waals surface area contributed by atoms with Crippen molar-refractivity contribution < 1.29 is 22.8 Å². The Kier molecular flexibility index (Phi) is 6.91. The minimum Gasteiger partial charge on any atom is -0.371 e. The molecule has 1 aromatic carbocycles. The number of hydrogen-bond acceptors (Lipinski definition) is 5. The van der Waals surface area contributed by atoms with Crippen molar-refractivity contribution in [1.29, 1.82) is 0 Å². The van der Waals surface area contributed by atoms with E-state index in [2.05, 4.69) is 20.2 Å². The maximum absolute atomic E-state index is 13.5. The number of hydrogen-bond donors (Lipinski definition) is 1. The van der Waals surface area contributed by atoms with Crippen LogP contribution in [0.4, 0.5) is 29.5 Å². The lowest BCUT2D eigenvalue weighted by Gasteiger charge is -2.45. The molecular formula is C26H33F3N6O2. The first-order valence-corrected chi connectivity index (χ1v) is 13.0. The first kappa shape index (κ1) is 25.6. The van der Waals surface area contributed by atoms with Crippen LogP contribution < -0.4 is 10.2 Å². The SMILES string of the molecule is CC(=O)Nc1ccn(C(=O)N2CCC3(CCCN3Cc3ccc(C(F)(F)F)cc3N3CCCC3)CC2)n1. The van der Waals surface area contributed by atoms with Crippen LogP contribution in [0.5, 0.6) is 0 Å². The first-order valence-electron chi connectivity index (χ1n) is 13.0. The van der Waals surface area contributed by atoms with Gasteiger partial charge in [0.05, 0.1) is 5.56 Å². The van der Waals surface area contributed by atoms with Crippen LogP contribution in [0.2, 0.25) is 0 Å². The number of amides is 2. The lowest BCUT2D eigenvalue weighted by Crippen LogP contribution is -2.53. The van der Waals surface area contributed by atoms with E-state index in [1.807, 2.05) is 0 Å². The number of nitrogens with zero attached hydrogens (tertiary/aromatic N) is 5. The fourth-order valence-corrected chi connectivity index (χ4v) is 6.08. The van der Waals surface area contributed by atoms with Crippen molar-refractivity contribution in [3.05, 3.63) is 41.6 Å². The predicted molar refractivity (Wildman–Crippen MR) is 133 cm³/mol. The zero-order chi connectivity index (χ0) is 26.2. The largest absolute Gasteiger partial charge is 0.416 e. The smallest absolute Gasteiger partial charge is 0.371 e. The fraction of sp³-hybridized carbons (Fsp3) is 0.577. The van der Waals surface area contributed by atoms with Crippen molar-refractivity contribution in [1.82, 2.24) is 19.6 Å². The predicted octanol–water partition coefficient (Wildman–Crippen LogP) is 4.56. The maximum atomic E-state index is 13.5. The molecule has 11 heteroatoms. The first-order chi connectivity index (χ1) is 17.6. The fourth-order valence-electron chi connectivity index (χ4n) is 6.08. The molecule has 5 rings (SSSR count). The molecule has 4 heterocycles. The number of aromatic nitrogens is 2. The summed E-state index contributed by atoms with van der Waals surface area (Å²) in [7, 11) is 0. The summed E-state index contributed by atoms with van der Waals surface area (Å²) in [5.41, 5.74) is 0.987. The van der Waals surface area contributed by atoms with Gasteiger partial charge in [-0.3, -0.25) is 9.69 Å². The standard InChI is InChI=1S/C26H33F3N6O2/c1-19(36)30-23-7-14-35(31-23)24(37)33-15-9-25(10-16-33)8-4-13-34(25)18-20-5-6-21(26(27,28)29)17-22(20)32-11-2-3-12-32/h5-7,14,17H,2-4,8-13,15-16,18H2,1H3,(H,30,31,36). The molecule has 8 nitrogen and oxygen atoms in total. The van der Waals surface area contributed by atoms with Crippen molar-refractivity contribution in [3.8, 4) is 0 Å². The van der Waals surface area contributed by atoms with Gasteiger partial charge >= 0.3 is 12.2 Å². The zero-order valence-corrected chi connectivity index (χ0v) is 21.1. The van der Waals surface area contributed by atoms with Crippen molar-refractivity contribution in [2.24, 2.45) is 0 Å². The number of halogens is 3. The lowest BCUT2D eigenvalue weighted by molar-refractivity contribution is -0.137. The Balaban J connectivity index is 1.29. The zero-order valence-electron chi connectivity index (χ0n) is 21.1. The third-order valence-electron chi connectivity index (χ3n) is 8.02. The van der Waals surface area contributed by atoms with E-state index in [-0.39, 0.29) is 17.5 Å². The van der Waals surface area contributed by atoms with Crippen LogP contribution in [0, 0.1) is 0 Å². The molecule has 0 atom stereocenters. The summed E-state index contributed by atoms with van der Waals surface area (Å²) in [6, 6.07) is 5.55. The van der Waals surface area contributed by atoms with E-state index in [4.69, 9.17) is 0 Å². The Labute approximate surface area is 214 Å². The van der Waals surface area contributed by atoms with E-state index in [9.17, 15) is 22.8 Å². The van der Waals surface area contributed by atoms with Crippen LogP contribution in [-0.2, 0) is 17.5 Å². The molecule has 1 aromatic heterocycles. The van der Waals surface area contributed by atoms with Crippen molar-refractivity contribution in [2.45, 2.75) is 63.7 Å². The van der Waals surface area contributed by atoms with Gasteiger partial charge in [0.2, 0.25) is 5.91 Å². The minimum atomic E-state index is -4.36. The highest BCUT2D eigenvalue weighted by Crippen LogP contribution is 2.41. The molecule has 3 aliphatic rings. The molecular weight excluding hydrogens is 485 g/mol. The van der Waals surface area contributed by atoms with Gasteiger partial charge < -0.3 is 15.1 Å². The molecule has 2 amide bonds. The van der Waals surface area contributed by atoms with Gasteiger partial charge in [-0.05, 0) is 62.8 Å². The topological polar surface area (TPSA) is 73.7 Å². The minimum absolute atomic E-state index is 0.0623. The van der Waals surface area contributed by atoms with Gasteiger partial charge in [-0.15, -0.1) is 5.10 Å². The Hall–Kier alpha value is -3.08. The van der Waals surface area contributed by atoms with Gasteiger partial charge in [0.1, 0.15) is 0 Å². The van der Waals surface area contributed by atoms with E-state index in [0.717, 1.165) is 63.7 Å². The third kappa shape index (κ3) is 5.32. The highest BCUT2D eigenvalue weighted by molar-refractivity contribution is 5.88. The highest BCUT2D eigenvalue weighted by atomic mass is 19.4. The average molecular weight is 519 g/mol. The van der Waals surface area contributed by atoms with Crippen molar-refractivity contribution in [2.75, 3.05) is 42.9 Å². The second-order valence-electron chi connectivity index (χ2n) is 10.4. The number of nitrogens with one attached hydrogen (secondary N) is 1. The maximum Gasteiger partial charge on any atom is 0.416 e. The molecule has 2 aromatic rings. The quantitative estimate of drug-likeness (QED) is 0.643. The summed E-state index contributed by atoms with van der Waals surface area (Å²) in [4.78, 5) is 30.5. The summed E-state index contributed by atoms with van der Waals surface area (Å²) in [6.07, 6.45) is 2.83. The Morgan fingerprint density at radius 1 is 1.00 bits per heavy atom. The molecule has 37 heavy (non-hydrogen) atoms. The summed E-state index contributed by atoms with van der Waals surface area (Å²) >= 11 is 0. The molecule has 200 valence electrons. The monoisotopic (exact) mass is 518 g/mol. The Morgan fingerprint density at radius 2 is 1.73 bits per heavy atom. The third-order valence-corrected chi connectivity index (χ3v) is 8.02. The van der Waals surface area contributed by atoms with E-state index in [1.165, 1.54) is 23.7 Å². The van der Waals surface area contributed by atoms with Gasteiger partial charge in [0.25, 0.3) is 0 Å². The molecule has 0 aliphatic carbocycles. The van der Waals surface area contributed by atoms with E-state index in [1.54, 1.807) is 23.2 Å². The van der Waals surface area contributed by atoms with Crippen LogP contribution in [0.3, 0.4) is 0 Å². The highest BCUT2D eigenvalue weighted by Gasteiger charge is 2.44. The Bertz CT molecular complexity index is 1150. The lowest BCUT2D eigenvalue weighted by atomic mass is 9.84. The van der Waals surface area contributed by atoms with Gasteiger partial charge in [-0.25, -0.2) is 4.79 Å². The summed E-state index contributed by atoms with van der Waals surface area (Å²) in [5, 5.41) is 6.73. The summed E-state index contributed by atoms with van der Waals surface area (Å²) < 4.78 is 41.7. The van der Waals surface area contributed by atoms with Crippen molar-refractivity contribution in [3.63, 3.8) is 0 Å². The number of carbonyl (C=O) groups is 2. The number of rotatable bonds is 4.